The van der Waals surface area contributed by atoms with Crippen LogP contribution in [-0.2, 0) is 0 Å². The van der Waals surface area contributed by atoms with Crippen molar-refractivity contribution in [2.24, 2.45) is 5.92 Å². The molecule has 1 fully saturated rings. The number of nitrogens with zero attached hydrogens (tertiary/aromatic N) is 2. The van der Waals surface area contributed by atoms with E-state index in [9.17, 15) is 9.59 Å². The first-order valence-electron chi connectivity index (χ1n) is 6.32. The molecular formula is C14H18N2O3. The van der Waals surface area contributed by atoms with Crippen LogP contribution in [0.25, 0.3) is 0 Å². The van der Waals surface area contributed by atoms with Crippen molar-refractivity contribution in [3.63, 3.8) is 0 Å². The van der Waals surface area contributed by atoms with Crippen molar-refractivity contribution in [3.8, 4) is 0 Å². The molecule has 0 atom stereocenters. The largest absolute Gasteiger partial charge is 0.478 e. The number of carboxylic acids is 1. The minimum absolute atomic E-state index is 0.137. The molecule has 0 unspecified atom stereocenters. The van der Waals surface area contributed by atoms with Crippen LogP contribution in [0, 0.1) is 5.92 Å². The van der Waals surface area contributed by atoms with Gasteiger partial charge in [-0.1, -0.05) is 12.1 Å². The highest BCUT2D eigenvalue weighted by atomic mass is 16.4. The third-order valence-corrected chi connectivity index (χ3v) is 3.34. The molecule has 0 aromatic heterocycles. The molecule has 1 aromatic rings. The number of para-hydroxylation sites is 1. The second kappa shape index (κ2) is 5.30. The average molecular weight is 262 g/mol. The molecule has 19 heavy (non-hydrogen) atoms. The topological polar surface area (TPSA) is 60.9 Å². The molecule has 102 valence electrons. The number of carbonyl (C=O) groups is 2. The lowest BCUT2D eigenvalue weighted by atomic mass is 10.1. The first-order valence-corrected chi connectivity index (χ1v) is 6.32. The summed E-state index contributed by atoms with van der Waals surface area (Å²) in [6, 6.07) is 6.35. The fraction of sp³-hybridized carbons (Fsp3) is 0.429. The summed E-state index contributed by atoms with van der Waals surface area (Å²) in [4.78, 5) is 26.4. The molecule has 1 aliphatic carbocycles. The lowest BCUT2D eigenvalue weighted by Gasteiger charge is -2.25. The second-order valence-corrected chi connectivity index (χ2v) is 4.99. The summed E-state index contributed by atoms with van der Waals surface area (Å²) in [6.45, 7) is 0.735. The van der Waals surface area contributed by atoms with E-state index in [0.29, 0.717) is 11.6 Å². The van der Waals surface area contributed by atoms with Gasteiger partial charge in [-0.2, -0.15) is 0 Å². The van der Waals surface area contributed by atoms with Gasteiger partial charge in [0.15, 0.2) is 0 Å². The maximum Gasteiger partial charge on any atom is 0.337 e. The number of amides is 2. The van der Waals surface area contributed by atoms with Crippen LogP contribution in [0.1, 0.15) is 23.2 Å². The van der Waals surface area contributed by atoms with E-state index >= 15 is 0 Å². The van der Waals surface area contributed by atoms with Crippen LogP contribution in [0.4, 0.5) is 10.5 Å². The predicted molar refractivity (Wildman–Crippen MR) is 72.6 cm³/mol. The molecule has 0 heterocycles. The van der Waals surface area contributed by atoms with Gasteiger partial charge in [-0.05, 0) is 30.9 Å². The standard InChI is InChI=1S/C14H18N2O3/c1-15(9-10-7-8-10)14(19)16(2)12-6-4-3-5-11(12)13(17)18/h3-6,10H,7-9H2,1-2H3,(H,17,18). The van der Waals surface area contributed by atoms with E-state index in [1.807, 2.05) is 0 Å². The van der Waals surface area contributed by atoms with Gasteiger partial charge < -0.3 is 10.0 Å². The molecule has 1 aromatic carbocycles. The Labute approximate surface area is 112 Å². The Balaban J connectivity index is 2.15. The Bertz CT molecular complexity index is 497. The second-order valence-electron chi connectivity index (χ2n) is 4.99. The van der Waals surface area contributed by atoms with E-state index in [2.05, 4.69) is 0 Å². The van der Waals surface area contributed by atoms with E-state index in [4.69, 9.17) is 5.11 Å². The summed E-state index contributed by atoms with van der Waals surface area (Å²) >= 11 is 0. The molecule has 2 amide bonds. The molecule has 5 nitrogen and oxygen atoms in total. The molecule has 0 aliphatic heterocycles. The Morgan fingerprint density at radius 2 is 1.89 bits per heavy atom. The number of anilines is 1. The highest BCUT2D eigenvalue weighted by molar-refractivity contribution is 6.01. The maximum atomic E-state index is 12.2. The van der Waals surface area contributed by atoms with Gasteiger partial charge in [0.2, 0.25) is 0 Å². The Morgan fingerprint density at radius 1 is 1.26 bits per heavy atom. The zero-order chi connectivity index (χ0) is 14.0. The number of hydrogen-bond acceptors (Lipinski definition) is 2. The number of carbonyl (C=O) groups excluding carboxylic acids is 1. The summed E-state index contributed by atoms with van der Waals surface area (Å²) in [6.07, 6.45) is 2.35. The minimum Gasteiger partial charge on any atom is -0.478 e. The lowest BCUT2D eigenvalue weighted by Crippen LogP contribution is -2.40. The van der Waals surface area contributed by atoms with E-state index < -0.39 is 5.97 Å². The summed E-state index contributed by atoms with van der Waals surface area (Å²) in [5.41, 5.74) is 0.556. The number of benzene rings is 1. The summed E-state index contributed by atoms with van der Waals surface area (Å²) in [5, 5.41) is 9.14. The van der Waals surface area contributed by atoms with Gasteiger partial charge in [0.05, 0.1) is 11.3 Å². The van der Waals surface area contributed by atoms with Crippen molar-refractivity contribution >= 4 is 17.7 Å². The van der Waals surface area contributed by atoms with Gasteiger partial charge in [-0.25, -0.2) is 9.59 Å². The average Bonchev–Trinajstić information content (AvgIpc) is 3.20. The van der Waals surface area contributed by atoms with Crippen molar-refractivity contribution in [1.29, 1.82) is 0 Å². The van der Waals surface area contributed by atoms with E-state index in [-0.39, 0.29) is 11.6 Å². The van der Waals surface area contributed by atoms with Crippen LogP contribution in [0.2, 0.25) is 0 Å². The van der Waals surface area contributed by atoms with Crippen molar-refractivity contribution in [2.45, 2.75) is 12.8 Å². The Morgan fingerprint density at radius 3 is 2.47 bits per heavy atom. The maximum absolute atomic E-state index is 12.2. The van der Waals surface area contributed by atoms with Crippen LogP contribution < -0.4 is 4.90 Å². The van der Waals surface area contributed by atoms with Gasteiger partial charge in [0.25, 0.3) is 0 Å². The molecule has 2 rings (SSSR count). The van der Waals surface area contributed by atoms with Crippen molar-refractivity contribution in [3.05, 3.63) is 29.8 Å². The van der Waals surface area contributed by atoms with Crippen LogP contribution in [0.3, 0.4) is 0 Å². The molecular weight excluding hydrogens is 244 g/mol. The summed E-state index contributed by atoms with van der Waals surface area (Å²) < 4.78 is 0. The minimum atomic E-state index is -1.03. The quantitative estimate of drug-likeness (QED) is 0.905. The van der Waals surface area contributed by atoms with Crippen molar-refractivity contribution < 1.29 is 14.7 Å². The van der Waals surface area contributed by atoms with Crippen LogP contribution in [0.15, 0.2) is 24.3 Å². The number of urea groups is 1. The van der Waals surface area contributed by atoms with Gasteiger partial charge >= 0.3 is 12.0 Å². The highest BCUT2D eigenvalue weighted by Gasteiger charge is 2.27. The van der Waals surface area contributed by atoms with E-state index in [0.717, 1.165) is 6.54 Å². The van der Waals surface area contributed by atoms with Crippen LogP contribution in [-0.4, -0.2) is 42.6 Å². The molecule has 1 N–H and O–H groups in total. The number of rotatable bonds is 4. The fourth-order valence-electron chi connectivity index (χ4n) is 2.07. The number of aromatic carboxylic acids is 1. The Kier molecular flexibility index (Phi) is 3.74. The zero-order valence-electron chi connectivity index (χ0n) is 11.2. The normalized spacial score (nSPS) is 14.0. The molecule has 0 saturated heterocycles. The first-order chi connectivity index (χ1) is 9.00. The van der Waals surface area contributed by atoms with Gasteiger partial charge in [0, 0.05) is 20.6 Å². The lowest BCUT2D eigenvalue weighted by molar-refractivity contribution is 0.0697. The number of carboxylic acid groups (broad SMARTS) is 1. The molecule has 1 aliphatic rings. The summed E-state index contributed by atoms with van der Waals surface area (Å²) in [7, 11) is 3.36. The third kappa shape index (κ3) is 3.05. The van der Waals surface area contributed by atoms with Gasteiger partial charge in [-0.3, -0.25) is 4.90 Å². The smallest absolute Gasteiger partial charge is 0.337 e. The molecule has 1 saturated carbocycles. The molecule has 5 heteroatoms. The van der Waals surface area contributed by atoms with Gasteiger partial charge in [0.1, 0.15) is 0 Å². The monoisotopic (exact) mass is 262 g/mol. The van der Waals surface area contributed by atoms with Gasteiger partial charge in [-0.15, -0.1) is 0 Å². The predicted octanol–water partition coefficient (Wildman–Crippen LogP) is 2.28. The van der Waals surface area contributed by atoms with E-state index in [1.165, 1.54) is 23.8 Å². The number of hydrogen-bond donors (Lipinski definition) is 1. The third-order valence-electron chi connectivity index (χ3n) is 3.34. The first kappa shape index (κ1) is 13.4. The molecule has 0 radical (unpaired) electrons. The van der Waals surface area contributed by atoms with Crippen molar-refractivity contribution in [1.82, 2.24) is 4.90 Å². The summed E-state index contributed by atoms with van der Waals surface area (Å²) in [5.74, 6) is -0.419. The van der Waals surface area contributed by atoms with Crippen LogP contribution >= 0.6 is 0 Å². The van der Waals surface area contributed by atoms with Crippen molar-refractivity contribution in [2.75, 3.05) is 25.5 Å². The zero-order valence-corrected chi connectivity index (χ0v) is 11.2. The molecule has 0 spiro atoms. The Hall–Kier alpha value is -2.04. The fourth-order valence-corrected chi connectivity index (χ4v) is 2.07. The SMILES string of the molecule is CN(CC1CC1)C(=O)N(C)c1ccccc1C(=O)O. The highest BCUT2D eigenvalue weighted by Crippen LogP contribution is 2.30. The van der Waals surface area contributed by atoms with Crippen LogP contribution in [0.5, 0.6) is 0 Å². The molecule has 0 bridgehead atoms. The van der Waals surface area contributed by atoms with E-state index in [1.54, 1.807) is 37.2 Å².